The van der Waals surface area contributed by atoms with Gasteiger partial charge in [0.2, 0.25) is 0 Å². The average molecular weight is 406 g/mol. The molecule has 0 saturated heterocycles. The summed E-state index contributed by atoms with van der Waals surface area (Å²) in [6.45, 7) is 0.973. The van der Waals surface area contributed by atoms with Crippen molar-refractivity contribution in [1.29, 1.82) is 0 Å². The Bertz CT molecular complexity index is 1070. The van der Waals surface area contributed by atoms with E-state index in [1.54, 1.807) is 18.4 Å². The van der Waals surface area contributed by atoms with Crippen molar-refractivity contribution in [2.24, 2.45) is 4.99 Å². The number of nitrogens with zero attached hydrogens (tertiary/aromatic N) is 3. The van der Waals surface area contributed by atoms with Crippen LogP contribution in [-0.2, 0) is 6.54 Å². The second-order valence-electron chi connectivity index (χ2n) is 6.64. The predicted octanol–water partition coefficient (Wildman–Crippen LogP) is 3.49. The lowest BCUT2D eigenvalue weighted by molar-refractivity contribution is 0.184. The highest BCUT2D eigenvalue weighted by atomic mass is 32.1. The van der Waals surface area contributed by atoms with Gasteiger partial charge in [0.1, 0.15) is 6.10 Å². The van der Waals surface area contributed by atoms with Gasteiger partial charge in [0, 0.05) is 41.5 Å². The lowest BCUT2D eigenvalue weighted by atomic mass is 10.2. The van der Waals surface area contributed by atoms with Crippen LogP contribution in [0.5, 0.6) is 0 Å². The smallest absolute Gasteiger partial charge is 0.191 e. The maximum atomic E-state index is 10.5. The molecule has 2 aromatic heterocycles. The molecule has 0 fully saturated rings. The Morgan fingerprint density at radius 2 is 1.93 bits per heavy atom. The van der Waals surface area contributed by atoms with Gasteiger partial charge in [-0.2, -0.15) is 5.10 Å². The van der Waals surface area contributed by atoms with E-state index < -0.39 is 6.10 Å². The van der Waals surface area contributed by atoms with Crippen LogP contribution in [0.4, 0.5) is 0 Å². The van der Waals surface area contributed by atoms with Gasteiger partial charge in [-0.1, -0.05) is 36.4 Å². The number of hydrogen-bond donors (Lipinski definition) is 3. The third-order valence-electron chi connectivity index (χ3n) is 4.58. The number of guanidine groups is 1. The molecule has 0 spiro atoms. The van der Waals surface area contributed by atoms with Gasteiger partial charge in [0.05, 0.1) is 11.9 Å². The molecule has 6 nitrogen and oxygen atoms in total. The number of thiophene rings is 1. The number of nitrogens with one attached hydrogen (secondary N) is 2. The van der Waals surface area contributed by atoms with Crippen molar-refractivity contribution >= 4 is 27.4 Å². The maximum absolute atomic E-state index is 10.5. The molecular weight excluding hydrogens is 382 g/mol. The molecule has 2 aromatic carbocycles. The maximum Gasteiger partial charge on any atom is 0.191 e. The fraction of sp³-hybridized carbons (Fsp3) is 0.182. The molecular formula is C22H23N5OS. The van der Waals surface area contributed by atoms with E-state index in [-0.39, 0.29) is 0 Å². The Balaban J connectivity index is 1.31. The summed E-state index contributed by atoms with van der Waals surface area (Å²) in [5.74, 6) is 0.637. The van der Waals surface area contributed by atoms with Gasteiger partial charge < -0.3 is 15.7 Å². The molecule has 1 atom stereocenters. The lowest BCUT2D eigenvalue weighted by Gasteiger charge is -2.14. The summed E-state index contributed by atoms with van der Waals surface area (Å²) in [6, 6.07) is 20.2. The highest BCUT2D eigenvalue weighted by Crippen LogP contribution is 2.29. The second-order valence-corrected chi connectivity index (χ2v) is 7.75. The van der Waals surface area contributed by atoms with Crippen LogP contribution in [0.3, 0.4) is 0 Å². The Morgan fingerprint density at radius 1 is 1.14 bits per heavy atom. The molecule has 0 aliphatic carbocycles. The molecule has 4 rings (SSSR count). The number of benzene rings is 2. The van der Waals surface area contributed by atoms with Crippen molar-refractivity contribution in [3.63, 3.8) is 0 Å². The number of aliphatic hydroxyl groups excluding tert-OH is 1. The fourth-order valence-corrected chi connectivity index (χ4v) is 4.09. The minimum absolute atomic E-state index is 0.385. The van der Waals surface area contributed by atoms with Gasteiger partial charge in [-0.3, -0.25) is 4.99 Å². The van der Waals surface area contributed by atoms with Gasteiger partial charge in [-0.05, 0) is 29.7 Å². The number of fused-ring (bicyclic) bond motifs is 1. The van der Waals surface area contributed by atoms with Crippen LogP contribution in [0, 0.1) is 0 Å². The molecule has 4 aromatic rings. The van der Waals surface area contributed by atoms with Gasteiger partial charge in [0.15, 0.2) is 5.96 Å². The Hall–Kier alpha value is -3.16. The summed E-state index contributed by atoms with van der Waals surface area (Å²) in [5.41, 5.74) is 2.06. The molecule has 0 amide bonds. The van der Waals surface area contributed by atoms with Crippen molar-refractivity contribution in [2.45, 2.75) is 12.6 Å². The number of aliphatic hydroxyl groups is 1. The third-order valence-corrected chi connectivity index (χ3v) is 5.79. The second kappa shape index (κ2) is 8.89. The largest absolute Gasteiger partial charge is 0.386 e. The van der Waals surface area contributed by atoms with Crippen molar-refractivity contribution < 1.29 is 5.11 Å². The number of aromatic nitrogens is 2. The molecule has 0 radical (unpaired) electrons. The van der Waals surface area contributed by atoms with E-state index in [1.807, 2.05) is 65.6 Å². The normalized spacial score (nSPS) is 12.8. The van der Waals surface area contributed by atoms with Crippen molar-refractivity contribution in [2.75, 3.05) is 13.6 Å². The average Bonchev–Trinajstić information content (AvgIpc) is 3.41. The minimum Gasteiger partial charge on any atom is -0.386 e. The predicted molar refractivity (Wildman–Crippen MR) is 119 cm³/mol. The minimum atomic E-state index is -0.591. The summed E-state index contributed by atoms with van der Waals surface area (Å²) in [4.78, 5) is 5.18. The van der Waals surface area contributed by atoms with Gasteiger partial charge in [0.25, 0.3) is 0 Å². The topological polar surface area (TPSA) is 74.5 Å². The van der Waals surface area contributed by atoms with E-state index in [0.717, 1.165) is 21.5 Å². The first-order valence-corrected chi connectivity index (χ1v) is 10.2. The molecule has 2 heterocycles. The van der Waals surface area contributed by atoms with E-state index in [1.165, 1.54) is 4.70 Å². The molecule has 148 valence electrons. The zero-order chi connectivity index (χ0) is 20.1. The first kappa shape index (κ1) is 19.2. The van der Waals surface area contributed by atoms with Crippen molar-refractivity contribution in [3.8, 4) is 5.69 Å². The zero-order valence-electron chi connectivity index (χ0n) is 16.1. The number of hydrogen-bond acceptors (Lipinski definition) is 4. The Morgan fingerprint density at radius 3 is 2.72 bits per heavy atom. The monoisotopic (exact) mass is 405 g/mol. The van der Waals surface area contributed by atoms with Crippen LogP contribution in [0.2, 0.25) is 0 Å². The number of aliphatic imine (C=N–C) groups is 1. The lowest BCUT2D eigenvalue weighted by Crippen LogP contribution is -2.38. The quantitative estimate of drug-likeness (QED) is 0.339. The van der Waals surface area contributed by atoms with Crippen LogP contribution < -0.4 is 10.6 Å². The van der Waals surface area contributed by atoms with Crippen LogP contribution in [0.25, 0.3) is 15.8 Å². The third kappa shape index (κ3) is 4.64. The van der Waals surface area contributed by atoms with Crippen LogP contribution >= 0.6 is 11.3 Å². The molecule has 0 aliphatic heterocycles. The number of rotatable bonds is 6. The van der Waals surface area contributed by atoms with E-state index in [9.17, 15) is 5.11 Å². The highest BCUT2D eigenvalue weighted by Gasteiger charge is 2.12. The molecule has 1 unspecified atom stereocenters. The fourth-order valence-electron chi connectivity index (χ4n) is 3.04. The highest BCUT2D eigenvalue weighted by molar-refractivity contribution is 7.19. The molecule has 7 heteroatoms. The van der Waals surface area contributed by atoms with Gasteiger partial charge in [-0.15, -0.1) is 11.3 Å². The molecule has 0 bridgehead atoms. The molecule has 0 saturated carbocycles. The van der Waals surface area contributed by atoms with Gasteiger partial charge in [-0.25, -0.2) is 4.68 Å². The van der Waals surface area contributed by atoms with E-state index in [2.05, 4.69) is 32.9 Å². The molecule has 29 heavy (non-hydrogen) atoms. The van der Waals surface area contributed by atoms with E-state index in [4.69, 9.17) is 0 Å². The summed E-state index contributed by atoms with van der Waals surface area (Å²) in [7, 11) is 1.72. The summed E-state index contributed by atoms with van der Waals surface area (Å²) < 4.78 is 3.03. The first-order valence-electron chi connectivity index (χ1n) is 9.43. The zero-order valence-corrected chi connectivity index (χ0v) is 16.9. The van der Waals surface area contributed by atoms with Crippen LogP contribution in [0.15, 0.2) is 78.0 Å². The molecule has 3 N–H and O–H groups in total. The van der Waals surface area contributed by atoms with Crippen LogP contribution in [0.1, 0.15) is 16.5 Å². The van der Waals surface area contributed by atoms with Crippen molar-refractivity contribution in [1.82, 2.24) is 20.4 Å². The van der Waals surface area contributed by atoms with E-state index >= 15 is 0 Å². The summed E-state index contributed by atoms with van der Waals surface area (Å²) in [6.07, 6.45) is 3.23. The summed E-state index contributed by atoms with van der Waals surface area (Å²) in [5, 5.41) is 22.5. The summed E-state index contributed by atoms with van der Waals surface area (Å²) >= 11 is 1.61. The van der Waals surface area contributed by atoms with Crippen LogP contribution in [-0.4, -0.2) is 34.4 Å². The standard InChI is InChI=1S/C22H23N5OS/c1-23-22(24-12-16-13-26-27(15-16)18-8-3-2-4-9-18)25-14-19(28)21-11-17-7-5-6-10-20(17)29-21/h2-11,13,15,19,28H,12,14H2,1H3,(H2,23,24,25). The van der Waals surface area contributed by atoms with E-state index in [0.29, 0.717) is 19.0 Å². The molecule has 0 aliphatic rings. The van der Waals surface area contributed by atoms with Crippen molar-refractivity contribution in [3.05, 3.63) is 83.5 Å². The number of para-hydroxylation sites is 1. The Labute approximate surface area is 173 Å². The SMILES string of the molecule is CN=C(NCc1cnn(-c2ccccc2)c1)NCC(O)c1cc2ccccc2s1. The first-order chi connectivity index (χ1) is 14.2. The van der Waals surface area contributed by atoms with Gasteiger partial charge >= 0.3 is 0 Å². The Kier molecular flexibility index (Phi) is 5.88.